The molecule has 0 aromatic heterocycles. The summed E-state index contributed by atoms with van der Waals surface area (Å²) < 4.78 is 0. The molecule has 0 N–H and O–H groups in total. The van der Waals surface area contributed by atoms with Gasteiger partial charge in [-0.15, -0.1) is 0 Å². The molecule has 2 bridgehead atoms. The minimum atomic E-state index is 0.833. The maximum absolute atomic E-state index is 3.63. The van der Waals surface area contributed by atoms with Crippen LogP contribution in [0.4, 0.5) is 0 Å². The Morgan fingerprint density at radius 2 is 1.21 bits per heavy atom. The molecule has 2 unspecified atom stereocenters. The second kappa shape index (κ2) is 14.9. The first kappa shape index (κ1) is 23.9. The topological polar surface area (TPSA) is 0 Å². The normalized spacial score (nSPS) is 18.7. The second-order valence-electron chi connectivity index (χ2n) is 6.76. The van der Waals surface area contributed by atoms with Crippen molar-refractivity contribution in [2.24, 2.45) is 11.8 Å². The van der Waals surface area contributed by atoms with Gasteiger partial charge in [-0.3, -0.25) is 0 Å². The molecule has 0 heteroatoms. The largest absolute Gasteiger partial charge is 0.0991 e. The molecule has 0 aliphatic heterocycles. The van der Waals surface area contributed by atoms with Gasteiger partial charge in [-0.1, -0.05) is 135 Å². The lowest BCUT2D eigenvalue weighted by molar-refractivity contribution is 0.693. The zero-order valence-electron chi connectivity index (χ0n) is 17.7. The fourth-order valence-corrected chi connectivity index (χ4v) is 3.17. The summed E-state index contributed by atoms with van der Waals surface area (Å²) in [5.41, 5.74) is 4.02. The summed E-state index contributed by atoms with van der Waals surface area (Å²) in [6, 6.07) is 20.1. The van der Waals surface area contributed by atoms with E-state index >= 15 is 0 Å². The van der Waals surface area contributed by atoms with Gasteiger partial charge in [0.15, 0.2) is 0 Å². The first-order chi connectivity index (χ1) is 14.2. The van der Waals surface area contributed by atoms with Crippen molar-refractivity contribution >= 4 is 12.2 Å². The minimum absolute atomic E-state index is 0.833. The van der Waals surface area contributed by atoms with Crippen LogP contribution < -0.4 is 0 Å². The van der Waals surface area contributed by atoms with Crippen molar-refractivity contribution in [1.82, 2.24) is 0 Å². The summed E-state index contributed by atoms with van der Waals surface area (Å²) in [5, 5.41) is 0. The van der Waals surface area contributed by atoms with Gasteiger partial charge in [0.25, 0.3) is 0 Å². The molecule has 4 rings (SSSR count). The van der Waals surface area contributed by atoms with E-state index in [0.717, 1.165) is 11.8 Å². The Bertz CT molecular complexity index is 741. The summed E-state index contributed by atoms with van der Waals surface area (Å²) in [7, 11) is 0. The number of hydrogen-bond donors (Lipinski definition) is 0. The molecule has 2 aliphatic carbocycles. The van der Waals surface area contributed by atoms with E-state index in [1.54, 1.807) is 17.7 Å². The quantitative estimate of drug-likeness (QED) is 0.368. The molecule has 29 heavy (non-hydrogen) atoms. The summed E-state index contributed by atoms with van der Waals surface area (Å²) in [6.45, 7) is 16.1. The van der Waals surface area contributed by atoms with Gasteiger partial charge in [0.05, 0.1) is 0 Å². The van der Waals surface area contributed by atoms with Gasteiger partial charge < -0.3 is 0 Å². The molecule has 150 valence electrons. The molecule has 2 atom stereocenters. The van der Waals surface area contributed by atoms with Crippen molar-refractivity contribution in [3.8, 4) is 0 Å². The monoisotopic (exact) mass is 382 g/mol. The van der Waals surface area contributed by atoms with E-state index in [-0.39, 0.29) is 0 Å². The number of allylic oxidation sites excluding steroid dienone is 6. The van der Waals surface area contributed by atoms with Crippen LogP contribution in [0.1, 0.15) is 30.9 Å². The summed E-state index contributed by atoms with van der Waals surface area (Å²) in [5.74, 6) is 1.74. The highest BCUT2D eigenvalue weighted by molar-refractivity contribution is 5.46. The van der Waals surface area contributed by atoms with Crippen LogP contribution in [0.5, 0.6) is 0 Å². The third kappa shape index (κ3) is 9.58. The van der Waals surface area contributed by atoms with Crippen LogP contribution in [0.25, 0.3) is 12.2 Å². The maximum atomic E-state index is 3.63. The van der Waals surface area contributed by atoms with E-state index in [9.17, 15) is 0 Å². The van der Waals surface area contributed by atoms with E-state index in [1.807, 2.05) is 72.8 Å². The second-order valence-corrected chi connectivity index (χ2v) is 6.76. The predicted molar refractivity (Wildman–Crippen MR) is 133 cm³/mol. The Morgan fingerprint density at radius 1 is 0.724 bits per heavy atom. The maximum Gasteiger partial charge on any atom is -0.00174 e. The molecule has 0 nitrogen and oxygen atoms in total. The number of hydrogen-bond acceptors (Lipinski definition) is 0. The minimum Gasteiger partial charge on any atom is -0.0991 e. The van der Waals surface area contributed by atoms with Gasteiger partial charge in [-0.25, -0.2) is 0 Å². The van der Waals surface area contributed by atoms with Crippen LogP contribution in [-0.4, -0.2) is 0 Å². The first-order valence-electron chi connectivity index (χ1n) is 10.1. The molecule has 0 radical (unpaired) electrons. The number of rotatable bonds is 3. The molecule has 0 heterocycles. The van der Waals surface area contributed by atoms with Crippen LogP contribution in [0.2, 0.25) is 0 Å². The SMILES string of the molecule is C=CC=C.C=Cc1ccccc1.C=Cc1ccccc1.CC=C1CC2C=CC1C2. The van der Waals surface area contributed by atoms with Crippen LogP contribution in [-0.2, 0) is 0 Å². The fraction of sp³-hybridized carbons (Fsp3) is 0.172. The average Bonchev–Trinajstić information content (AvgIpc) is 3.45. The lowest BCUT2D eigenvalue weighted by atomic mass is 10.0. The van der Waals surface area contributed by atoms with Gasteiger partial charge in [0.1, 0.15) is 0 Å². The lowest BCUT2D eigenvalue weighted by Crippen LogP contribution is -1.90. The summed E-state index contributed by atoms with van der Waals surface area (Å²) >= 11 is 0. The van der Waals surface area contributed by atoms with E-state index in [0.29, 0.717) is 0 Å². The van der Waals surface area contributed by atoms with E-state index in [1.165, 1.54) is 24.0 Å². The van der Waals surface area contributed by atoms with Crippen LogP contribution in [0.3, 0.4) is 0 Å². The highest BCUT2D eigenvalue weighted by atomic mass is 14.3. The molecule has 2 aromatic carbocycles. The Morgan fingerprint density at radius 3 is 1.41 bits per heavy atom. The number of fused-ring (bicyclic) bond motifs is 2. The van der Waals surface area contributed by atoms with E-state index < -0.39 is 0 Å². The van der Waals surface area contributed by atoms with Crippen LogP contribution in [0, 0.1) is 11.8 Å². The molecule has 1 saturated carbocycles. The standard InChI is InChI=1S/C9H12.2C8H8.C4H6/c1-2-8-5-7-3-4-9(8)6-7;2*1-2-8-6-4-3-5-7-8;1-3-4-2/h2-4,7,9H,5-6H2,1H3;2*2-7H,1H2;3-4H,1-2H2. The van der Waals surface area contributed by atoms with Crippen molar-refractivity contribution < 1.29 is 0 Å². The third-order valence-electron chi connectivity index (χ3n) is 4.75. The molecule has 0 spiro atoms. The fourth-order valence-electron chi connectivity index (χ4n) is 3.17. The molecular formula is C29H34. The summed E-state index contributed by atoms with van der Waals surface area (Å²) in [6.07, 6.45) is 16.7. The van der Waals surface area contributed by atoms with Gasteiger partial charge >= 0.3 is 0 Å². The molecular weight excluding hydrogens is 348 g/mol. The van der Waals surface area contributed by atoms with Gasteiger partial charge in [-0.05, 0) is 42.7 Å². The van der Waals surface area contributed by atoms with Crippen molar-refractivity contribution in [2.75, 3.05) is 0 Å². The van der Waals surface area contributed by atoms with E-state index in [2.05, 4.69) is 51.5 Å². The smallest absolute Gasteiger partial charge is 0.00174 e. The third-order valence-corrected chi connectivity index (χ3v) is 4.75. The lowest BCUT2D eigenvalue weighted by Gasteiger charge is -2.05. The molecule has 0 saturated heterocycles. The Kier molecular flexibility index (Phi) is 12.3. The Labute approximate surface area is 178 Å². The van der Waals surface area contributed by atoms with Gasteiger partial charge in [0, 0.05) is 0 Å². The van der Waals surface area contributed by atoms with E-state index in [4.69, 9.17) is 0 Å². The zero-order chi connectivity index (χ0) is 21.3. The molecule has 1 fully saturated rings. The first-order valence-corrected chi connectivity index (χ1v) is 10.1. The Balaban J connectivity index is 0.000000200. The van der Waals surface area contributed by atoms with Crippen molar-refractivity contribution in [2.45, 2.75) is 19.8 Å². The van der Waals surface area contributed by atoms with Crippen molar-refractivity contribution in [3.63, 3.8) is 0 Å². The van der Waals surface area contributed by atoms with Crippen LogP contribution >= 0.6 is 0 Å². The van der Waals surface area contributed by atoms with Crippen molar-refractivity contribution in [1.29, 1.82) is 0 Å². The number of benzene rings is 2. The molecule has 2 aliphatic rings. The van der Waals surface area contributed by atoms with Gasteiger partial charge in [-0.2, -0.15) is 0 Å². The summed E-state index contributed by atoms with van der Waals surface area (Å²) in [4.78, 5) is 0. The highest BCUT2D eigenvalue weighted by Gasteiger charge is 2.29. The van der Waals surface area contributed by atoms with Crippen LogP contribution in [0.15, 0.2) is 123 Å². The predicted octanol–water partition coefficient (Wildman–Crippen LogP) is 8.55. The average molecular weight is 383 g/mol. The van der Waals surface area contributed by atoms with Crippen molar-refractivity contribution in [3.05, 3.63) is 134 Å². The highest BCUT2D eigenvalue weighted by Crippen LogP contribution is 2.42. The van der Waals surface area contributed by atoms with Gasteiger partial charge in [0.2, 0.25) is 0 Å². The Hall–Kier alpha value is -3.12. The zero-order valence-corrected chi connectivity index (χ0v) is 17.7. The molecule has 2 aromatic rings. The molecule has 0 amide bonds.